The number of thiophene rings is 1. The van der Waals surface area contributed by atoms with Crippen molar-refractivity contribution in [2.24, 2.45) is 0 Å². The molecule has 30 heavy (non-hydrogen) atoms. The van der Waals surface area contributed by atoms with Crippen LogP contribution in [-0.2, 0) is 11.3 Å². The van der Waals surface area contributed by atoms with E-state index < -0.39 is 0 Å². The summed E-state index contributed by atoms with van der Waals surface area (Å²) >= 11 is 7.87. The van der Waals surface area contributed by atoms with Crippen LogP contribution < -0.4 is 10.5 Å². The van der Waals surface area contributed by atoms with Crippen LogP contribution in [0.4, 0.5) is 5.69 Å². The predicted octanol–water partition coefficient (Wildman–Crippen LogP) is 3.75. The molecule has 6 nitrogen and oxygen atoms in total. The van der Waals surface area contributed by atoms with Crippen molar-refractivity contribution in [1.29, 1.82) is 0 Å². The van der Waals surface area contributed by atoms with Crippen molar-refractivity contribution < 1.29 is 4.79 Å². The number of rotatable bonds is 6. The van der Waals surface area contributed by atoms with Crippen LogP contribution in [0.1, 0.15) is 12.8 Å². The lowest BCUT2D eigenvalue weighted by atomic mass is 10.2. The van der Waals surface area contributed by atoms with E-state index in [2.05, 4.69) is 10.00 Å². The Morgan fingerprint density at radius 1 is 1.03 bits per heavy atom. The SMILES string of the molecule is O=C(CCCn1nc(-c2cccs2)ccc1=O)N1CCN(c2ccccc2Cl)CC1. The normalized spacial score (nSPS) is 14.2. The number of hydrogen-bond donors (Lipinski definition) is 0. The minimum atomic E-state index is -0.142. The molecule has 1 saturated heterocycles. The van der Waals surface area contributed by atoms with Crippen molar-refractivity contribution in [3.8, 4) is 10.6 Å². The van der Waals surface area contributed by atoms with Gasteiger partial charge in [-0.25, -0.2) is 4.68 Å². The molecule has 0 unspecified atom stereocenters. The van der Waals surface area contributed by atoms with E-state index in [4.69, 9.17) is 11.6 Å². The summed E-state index contributed by atoms with van der Waals surface area (Å²) < 4.78 is 1.46. The van der Waals surface area contributed by atoms with Crippen molar-refractivity contribution in [1.82, 2.24) is 14.7 Å². The lowest BCUT2D eigenvalue weighted by Crippen LogP contribution is -2.48. The highest BCUT2D eigenvalue weighted by atomic mass is 35.5. The quantitative estimate of drug-likeness (QED) is 0.583. The van der Waals surface area contributed by atoms with E-state index in [-0.39, 0.29) is 11.5 Å². The Morgan fingerprint density at radius 3 is 2.57 bits per heavy atom. The molecular formula is C22H23ClN4O2S. The maximum absolute atomic E-state index is 12.6. The first-order valence-corrected chi connectivity index (χ1v) is 11.3. The van der Waals surface area contributed by atoms with E-state index >= 15 is 0 Å². The zero-order valence-corrected chi connectivity index (χ0v) is 18.1. The monoisotopic (exact) mass is 442 g/mol. The van der Waals surface area contributed by atoms with Crippen LogP contribution in [0, 0.1) is 0 Å². The van der Waals surface area contributed by atoms with E-state index in [9.17, 15) is 9.59 Å². The molecule has 0 spiro atoms. The Kier molecular flexibility index (Phi) is 6.50. The molecule has 3 aromatic rings. The van der Waals surface area contributed by atoms with Gasteiger partial charge >= 0.3 is 0 Å². The molecule has 1 aliphatic heterocycles. The highest BCUT2D eigenvalue weighted by molar-refractivity contribution is 7.13. The molecule has 8 heteroatoms. The van der Waals surface area contributed by atoms with E-state index in [1.165, 1.54) is 10.7 Å². The van der Waals surface area contributed by atoms with Crippen LogP contribution in [0.2, 0.25) is 5.02 Å². The fourth-order valence-corrected chi connectivity index (χ4v) is 4.55. The van der Waals surface area contributed by atoms with Crippen molar-refractivity contribution in [2.45, 2.75) is 19.4 Å². The van der Waals surface area contributed by atoms with Gasteiger partial charge in [-0.1, -0.05) is 29.8 Å². The second kappa shape index (κ2) is 9.45. The summed E-state index contributed by atoms with van der Waals surface area (Å²) in [7, 11) is 0. The lowest BCUT2D eigenvalue weighted by molar-refractivity contribution is -0.131. The third-order valence-electron chi connectivity index (χ3n) is 5.23. The molecule has 0 saturated carbocycles. The number of hydrogen-bond acceptors (Lipinski definition) is 5. The van der Waals surface area contributed by atoms with Crippen LogP contribution in [-0.4, -0.2) is 46.8 Å². The van der Waals surface area contributed by atoms with E-state index in [0.717, 1.165) is 34.4 Å². The average Bonchev–Trinajstić information content (AvgIpc) is 3.30. The minimum absolute atomic E-state index is 0.122. The van der Waals surface area contributed by atoms with Gasteiger partial charge in [-0.05, 0) is 36.1 Å². The zero-order valence-electron chi connectivity index (χ0n) is 16.5. The first kappa shape index (κ1) is 20.6. The van der Waals surface area contributed by atoms with Gasteiger partial charge in [0.15, 0.2) is 0 Å². The van der Waals surface area contributed by atoms with E-state index in [1.807, 2.05) is 46.7 Å². The number of aromatic nitrogens is 2. The smallest absolute Gasteiger partial charge is 0.266 e. The van der Waals surface area contributed by atoms with Crippen molar-refractivity contribution in [3.63, 3.8) is 0 Å². The van der Waals surface area contributed by atoms with Crippen molar-refractivity contribution in [2.75, 3.05) is 31.1 Å². The Labute approximate surface area is 184 Å². The van der Waals surface area contributed by atoms with E-state index in [0.29, 0.717) is 32.5 Å². The standard InChI is InChI=1S/C22H23ClN4O2S/c23-17-5-1-2-6-19(17)25-12-14-26(15-13-25)21(28)8-3-11-27-22(29)10-9-18(24-27)20-7-4-16-30-20/h1-2,4-7,9-10,16H,3,8,11-15H2. The molecule has 4 rings (SSSR count). The highest BCUT2D eigenvalue weighted by Gasteiger charge is 2.22. The minimum Gasteiger partial charge on any atom is -0.367 e. The number of piperazine rings is 1. The van der Waals surface area contributed by atoms with Gasteiger partial charge in [-0.3, -0.25) is 9.59 Å². The van der Waals surface area contributed by atoms with Crippen LogP contribution in [0.3, 0.4) is 0 Å². The Balaban J connectivity index is 1.28. The molecule has 0 atom stereocenters. The number of para-hydroxylation sites is 1. The molecule has 0 bridgehead atoms. The van der Waals surface area contributed by atoms with Gasteiger partial charge in [0.1, 0.15) is 5.69 Å². The summed E-state index contributed by atoms with van der Waals surface area (Å²) in [6.07, 6.45) is 0.994. The van der Waals surface area contributed by atoms with Gasteiger partial charge in [-0.15, -0.1) is 11.3 Å². The average molecular weight is 443 g/mol. The van der Waals surface area contributed by atoms with Crippen LogP contribution >= 0.6 is 22.9 Å². The fourth-order valence-electron chi connectivity index (χ4n) is 3.61. The molecule has 1 aromatic carbocycles. The number of carbonyl (C=O) groups excluding carboxylic acids is 1. The summed E-state index contributed by atoms with van der Waals surface area (Å²) in [6, 6.07) is 15.0. The topological polar surface area (TPSA) is 58.4 Å². The number of benzene rings is 1. The maximum Gasteiger partial charge on any atom is 0.266 e. The number of carbonyl (C=O) groups is 1. The predicted molar refractivity (Wildman–Crippen MR) is 121 cm³/mol. The van der Waals surface area contributed by atoms with Crippen molar-refractivity contribution in [3.05, 3.63) is 69.3 Å². The summed E-state index contributed by atoms with van der Waals surface area (Å²) in [5.41, 5.74) is 1.66. The third-order valence-corrected chi connectivity index (χ3v) is 6.44. The van der Waals surface area contributed by atoms with Gasteiger partial charge in [-0.2, -0.15) is 5.10 Å². The number of halogens is 1. The molecule has 2 aromatic heterocycles. The summed E-state index contributed by atoms with van der Waals surface area (Å²) in [5.74, 6) is 0.122. The Bertz CT molecular complexity index is 1060. The van der Waals surface area contributed by atoms with Crippen molar-refractivity contribution >= 4 is 34.5 Å². The number of nitrogens with zero attached hydrogens (tertiary/aromatic N) is 4. The molecule has 1 aliphatic rings. The van der Waals surface area contributed by atoms with Gasteiger partial charge in [0, 0.05) is 45.2 Å². The van der Waals surface area contributed by atoms with Gasteiger partial charge in [0.2, 0.25) is 5.91 Å². The molecule has 0 N–H and O–H groups in total. The highest BCUT2D eigenvalue weighted by Crippen LogP contribution is 2.26. The first-order chi connectivity index (χ1) is 14.6. The number of aryl methyl sites for hydroxylation is 1. The van der Waals surface area contributed by atoms with E-state index in [1.54, 1.807) is 17.4 Å². The molecule has 0 radical (unpaired) electrons. The fraction of sp³-hybridized carbons (Fsp3) is 0.318. The van der Waals surface area contributed by atoms with Gasteiger partial charge in [0.25, 0.3) is 5.56 Å². The summed E-state index contributed by atoms with van der Waals surface area (Å²) in [5, 5.41) is 7.17. The summed E-state index contributed by atoms with van der Waals surface area (Å²) in [4.78, 5) is 29.9. The molecule has 0 aliphatic carbocycles. The third kappa shape index (κ3) is 4.74. The number of anilines is 1. The van der Waals surface area contributed by atoms with Crippen LogP contribution in [0.25, 0.3) is 10.6 Å². The molecular weight excluding hydrogens is 420 g/mol. The van der Waals surface area contributed by atoms with Gasteiger partial charge in [0.05, 0.1) is 15.6 Å². The second-order valence-electron chi connectivity index (χ2n) is 7.18. The summed E-state index contributed by atoms with van der Waals surface area (Å²) in [6.45, 7) is 3.31. The largest absolute Gasteiger partial charge is 0.367 e. The molecule has 1 amide bonds. The Hall–Kier alpha value is -2.64. The number of amides is 1. The second-order valence-corrected chi connectivity index (χ2v) is 8.53. The first-order valence-electron chi connectivity index (χ1n) is 10.0. The Morgan fingerprint density at radius 2 is 1.83 bits per heavy atom. The van der Waals surface area contributed by atoms with Crippen LogP contribution in [0.5, 0.6) is 0 Å². The molecule has 3 heterocycles. The zero-order chi connectivity index (χ0) is 20.9. The molecule has 156 valence electrons. The maximum atomic E-state index is 12.6. The lowest BCUT2D eigenvalue weighted by Gasteiger charge is -2.36. The van der Waals surface area contributed by atoms with Crippen LogP contribution in [0.15, 0.2) is 58.7 Å². The molecule has 1 fully saturated rings. The van der Waals surface area contributed by atoms with Gasteiger partial charge < -0.3 is 9.80 Å².